The molecule has 31 heavy (non-hydrogen) atoms. The second kappa shape index (κ2) is 7.82. The van der Waals surface area contributed by atoms with Crippen LogP contribution < -0.4 is 10.6 Å². The maximum absolute atomic E-state index is 9.16. The van der Waals surface area contributed by atoms with Gasteiger partial charge in [-0.2, -0.15) is 5.26 Å². The average molecular weight is 406 g/mol. The van der Waals surface area contributed by atoms with Crippen molar-refractivity contribution in [2.24, 2.45) is 5.73 Å². The van der Waals surface area contributed by atoms with Gasteiger partial charge < -0.3 is 10.6 Å². The number of hydrogen-bond donors (Lipinski definition) is 1. The van der Waals surface area contributed by atoms with Crippen molar-refractivity contribution >= 4 is 16.7 Å². The van der Waals surface area contributed by atoms with Crippen molar-refractivity contribution in [1.29, 1.82) is 5.26 Å². The molecule has 0 aliphatic carbocycles. The minimum absolute atomic E-state index is 0.222. The monoisotopic (exact) mass is 405 g/mol. The molecule has 2 heterocycles. The largest absolute Gasteiger partial charge is 0.370 e. The van der Waals surface area contributed by atoms with Crippen LogP contribution in [0.3, 0.4) is 0 Å². The van der Waals surface area contributed by atoms with E-state index in [9.17, 15) is 0 Å². The standard InChI is InChI=1S/C26H23N5/c1-17-2-6-19(7-3-17)25-26(20-8-4-18(15-27)5-9-20)30-24-14-22(10-11-23(24)29-25)31-13-12-21(28)16-31/h2-11,14,21H,12-13,16,28H2,1H3/t21-/m0/s1. The summed E-state index contributed by atoms with van der Waals surface area (Å²) in [7, 11) is 0. The minimum Gasteiger partial charge on any atom is -0.370 e. The van der Waals surface area contributed by atoms with Crippen molar-refractivity contribution in [2.75, 3.05) is 18.0 Å². The van der Waals surface area contributed by atoms with E-state index in [2.05, 4.69) is 54.3 Å². The molecule has 5 heteroatoms. The fourth-order valence-electron chi connectivity index (χ4n) is 4.08. The summed E-state index contributed by atoms with van der Waals surface area (Å²) in [5, 5.41) is 9.16. The molecule has 1 aliphatic heterocycles. The summed E-state index contributed by atoms with van der Waals surface area (Å²) in [6.45, 7) is 3.90. The molecule has 4 aromatic rings. The van der Waals surface area contributed by atoms with Gasteiger partial charge in [-0.3, -0.25) is 0 Å². The number of nitrogens with zero attached hydrogens (tertiary/aromatic N) is 4. The number of hydrogen-bond acceptors (Lipinski definition) is 5. The Balaban J connectivity index is 1.67. The highest BCUT2D eigenvalue weighted by atomic mass is 15.2. The lowest BCUT2D eigenvalue weighted by atomic mass is 10.0. The van der Waals surface area contributed by atoms with Crippen LogP contribution in [0.1, 0.15) is 17.5 Å². The molecule has 1 aliphatic rings. The molecular formula is C26H23N5. The molecule has 0 spiro atoms. The van der Waals surface area contributed by atoms with E-state index in [-0.39, 0.29) is 6.04 Å². The molecular weight excluding hydrogens is 382 g/mol. The summed E-state index contributed by atoms with van der Waals surface area (Å²) in [6, 6.07) is 24.5. The van der Waals surface area contributed by atoms with Gasteiger partial charge in [-0.05, 0) is 43.7 Å². The van der Waals surface area contributed by atoms with Crippen molar-refractivity contribution in [3.8, 4) is 28.6 Å². The number of aryl methyl sites for hydroxylation is 1. The number of fused-ring (bicyclic) bond motifs is 1. The summed E-state index contributed by atoms with van der Waals surface area (Å²) >= 11 is 0. The Morgan fingerprint density at radius 1 is 0.903 bits per heavy atom. The molecule has 0 radical (unpaired) electrons. The predicted octanol–water partition coefficient (Wildman–Crippen LogP) is 4.68. The van der Waals surface area contributed by atoms with Crippen LogP contribution in [0.15, 0.2) is 66.7 Å². The van der Waals surface area contributed by atoms with Crippen LogP contribution in [0.2, 0.25) is 0 Å². The minimum atomic E-state index is 0.222. The van der Waals surface area contributed by atoms with Crippen molar-refractivity contribution < 1.29 is 0 Å². The van der Waals surface area contributed by atoms with E-state index in [4.69, 9.17) is 21.0 Å². The summed E-state index contributed by atoms with van der Waals surface area (Å²) in [5.74, 6) is 0. The van der Waals surface area contributed by atoms with E-state index in [1.165, 1.54) is 5.56 Å². The van der Waals surface area contributed by atoms with Crippen molar-refractivity contribution in [2.45, 2.75) is 19.4 Å². The van der Waals surface area contributed by atoms with Gasteiger partial charge in [0.05, 0.1) is 34.1 Å². The summed E-state index contributed by atoms with van der Waals surface area (Å²) < 4.78 is 0. The number of rotatable bonds is 3. The fourth-order valence-corrected chi connectivity index (χ4v) is 4.08. The van der Waals surface area contributed by atoms with Crippen LogP contribution in [0.5, 0.6) is 0 Å². The van der Waals surface area contributed by atoms with Crippen LogP contribution in [-0.2, 0) is 0 Å². The van der Waals surface area contributed by atoms with E-state index in [1.54, 1.807) is 0 Å². The zero-order chi connectivity index (χ0) is 21.4. The van der Waals surface area contributed by atoms with Gasteiger partial charge in [0.25, 0.3) is 0 Å². The van der Waals surface area contributed by atoms with E-state index in [1.807, 2.05) is 30.3 Å². The lowest BCUT2D eigenvalue weighted by Gasteiger charge is -2.19. The smallest absolute Gasteiger partial charge is 0.0991 e. The van der Waals surface area contributed by atoms with E-state index < -0.39 is 0 Å². The first kappa shape index (κ1) is 19.2. The third-order valence-electron chi connectivity index (χ3n) is 5.85. The zero-order valence-electron chi connectivity index (χ0n) is 17.4. The summed E-state index contributed by atoms with van der Waals surface area (Å²) in [4.78, 5) is 12.4. The first-order valence-electron chi connectivity index (χ1n) is 10.5. The third-order valence-corrected chi connectivity index (χ3v) is 5.85. The second-order valence-electron chi connectivity index (χ2n) is 8.14. The third kappa shape index (κ3) is 3.74. The van der Waals surface area contributed by atoms with Gasteiger partial charge in [0.15, 0.2) is 0 Å². The Morgan fingerprint density at radius 2 is 1.55 bits per heavy atom. The number of aromatic nitrogens is 2. The Morgan fingerprint density at radius 3 is 2.16 bits per heavy atom. The van der Waals surface area contributed by atoms with E-state index in [0.717, 1.165) is 58.7 Å². The van der Waals surface area contributed by atoms with Gasteiger partial charge in [0.1, 0.15) is 0 Å². The lowest BCUT2D eigenvalue weighted by Crippen LogP contribution is -2.26. The molecule has 5 rings (SSSR count). The van der Waals surface area contributed by atoms with Crippen molar-refractivity contribution in [1.82, 2.24) is 9.97 Å². The van der Waals surface area contributed by atoms with Gasteiger partial charge in [-0.1, -0.05) is 42.0 Å². The highest BCUT2D eigenvalue weighted by Gasteiger charge is 2.20. The molecule has 0 bridgehead atoms. The molecule has 0 amide bonds. The fraction of sp³-hybridized carbons (Fsp3) is 0.192. The predicted molar refractivity (Wildman–Crippen MR) is 125 cm³/mol. The second-order valence-corrected chi connectivity index (χ2v) is 8.14. The molecule has 2 N–H and O–H groups in total. The first-order chi connectivity index (χ1) is 15.1. The number of nitriles is 1. The van der Waals surface area contributed by atoms with E-state index in [0.29, 0.717) is 5.56 Å². The summed E-state index contributed by atoms with van der Waals surface area (Å²) in [5.41, 5.74) is 14.4. The van der Waals surface area contributed by atoms with Crippen LogP contribution in [0, 0.1) is 18.3 Å². The molecule has 152 valence electrons. The van der Waals surface area contributed by atoms with Crippen molar-refractivity contribution in [3.05, 3.63) is 77.9 Å². The molecule has 5 nitrogen and oxygen atoms in total. The van der Waals surface area contributed by atoms with Crippen LogP contribution in [-0.4, -0.2) is 29.1 Å². The Kier molecular flexibility index (Phi) is 4.85. The topological polar surface area (TPSA) is 78.8 Å². The number of benzene rings is 3. The van der Waals surface area contributed by atoms with Gasteiger partial charge in [0, 0.05) is 35.9 Å². The maximum atomic E-state index is 9.16. The molecule has 1 saturated heterocycles. The number of nitrogens with two attached hydrogens (primary N) is 1. The maximum Gasteiger partial charge on any atom is 0.0991 e. The van der Waals surface area contributed by atoms with Crippen LogP contribution in [0.25, 0.3) is 33.5 Å². The molecule has 1 atom stereocenters. The lowest BCUT2D eigenvalue weighted by molar-refractivity contribution is 0.752. The van der Waals surface area contributed by atoms with Gasteiger partial charge in [-0.25, -0.2) is 9.97 Å². The average Bonchev–Trinajstić information content (AvgIpc) is 3.25. The Bertz CT molecular complexity index is 1290. The highest BCUT2D eigenvalue weighted by molar-refractivity contribution is 5.88. The Labute approximate surface area is 181 Å². The summed E-state index contributed by atoms with van der Waals surface area (Å²) in [6.07, 6.45) is 1.01. The Hall–Kier alpha value is -3.75. The highest BCUT2D eigenvalue weighted by Crippen LogP contribution is 2.33. The van der Waals surface area contributed by atoms with Crippen LogP contribution >= 0.6 is 0 Å². The normalized spacial score (nSPS) is 15.9. The molecule has 1 fully saturated rings. The van der Waals surface area contributed by atoms with Gasteiger partial charge in [0.2, 0.25) is 0 Å². The molecule has 0 unspecified atom stereocenters. The molecule has 1 aromatic heterocycles. The molecule has 0 saturated carbocycles. The molecule has 3 aromatic carbocycles. The van der Waals surface area contributed by atoms with Crippen LogP contribution in [0.4, 0.5) is 5.69 Å². The zero-order valence-corrected chi connectivity index (χ0v) is 17.4. The SMILES string of the molecule is Cc1ccc(-c2nc3ccc(N4CC[C@H](N)C4)cc3nc2-c2ccc(C#N)cc2)cc1. The van der Waals surface area contributed by atoms with Gasteiger partial charge in [-0.15, -0.1) is 0 Å². The number of anilines is 1. The first-order valence-corrected chi connectivity index (χ1v) is 10.5. The van der Waals surface area contributed by atoms with Crippen molar-refractivity contribution in [3.63, 3.8) is 0 Å². The quantitative estimate of drug-likeness (QED) is 0.535. The van der Waals surface area contributed by atoms with E-state index >= 15 is 0 Å². The van der Waals surface area contributed by atoms with Gasteiger partial charge >= 0.3 is 0 Å².